The van der Waals surface area contributed by atoms with Crippen molar-refractivity contribution < 1.29 is 9.59 Å². The summed E-state index contributed by atoms with van der Waals surface area (Å²) in [6.07, 6.45) is 4.86. The molecule has 3 N–H and O–H groups in total. The molecule has 0 radical (unpaired) electrons. The summed E-state index contributed by atoms with van der Waals surface area (Å²) in [5.41, 5.74) is 4.59. The predicted molar refractivity (Wildman–Crippen MR) is 78.8 cm³/mol. The van der Waals surface area contributed by atoms with Crippen molar-refractivity contribution in [3.8, 4) is 0 Å². The number of amides is 2. The Morgan fingerprint density at radius 1 is 1.35 bits per heavy atom. The fourth-order valence-corrected chi connectivity index (χ4v) is 2.96. The number of anilines is 1. The van der Waals surface area contributed by atoms with E-state index >= 15 is 0 Å². The van der Waals surface area contributed by atoms with Crippen LogP contribution >= 0.6 is 11.3 Å². The lowest BCUT2D eigenvalue weighted by Crippen LogP contribution is -2.54. The van der Waals surface area contributed by atoms with Gasteiger partial charge in [-0.2, -0.15) is 0 Å². The molecule has 1 saturated heterocycles. The maximum atomic E-state index is 12.4. The molecule has 0 bridgehead atoms. The number of rotatable bonds is 4. The van der Waals surface area contributed by atoms with Gasteiger partial charge in [0.15, 0.2) is 5.13 Å². The molecule has 1 fully saturated rings. The van der Waals surface area contributed by atoms with Crippen LogP contribution in [0.3, 0.4) is 0 Å². The smallest absolute Gasteiger partial charge is 0.260 e. The van der Waals surface area contributed by atoms with Crippen LogP contribution in [0.15, 0.2) is 6.20 Å². The molecule has 0 aliphatic carbocycles. The molecule has 2 amide bonds. The van der Waals surface area contributed by atoms with Crippen LogP contribution in [0.5, 0.6) is 0 Å². The molecule has 0 aromatic carbocycles. The number of nitrogens with zero attached hydrogens (tertiary/aromatic N) is 2. The number of likely N-dealkylation sites (tertiary alicyclic amines) is 1. The van der Waals surface area contributed by atoms with Gasteiger partial charge in [-0.3, -0.25) is 14.5 Å². The number of thiazole rings is 1. The lowest BCUT2D eigenvalue weighted by Gasteiger charge is -2.39. The van der Waals surface area contributed by atoms with Crippen molar-refractivity contribution in [2.24, 2.45) is 5.73 Å². The van der Waals surface area contributed by atoms with Crippen LogP contribution in [0, 0.1) is 0 Å². The molecule has 1 aromatic rings. The third-order valence-corrected chi connectivity index (χ3v) is 4.60. The molecule has 6 nitrogen and oxygen atoms in total. The Bertz CT molecular complexity index is 506. The lowest BCUT2D eigenvalue weighted by molar-refractivity contribution is -0.126. The Kier molecular flexibility index (Phi) is 4.39. The van der Waals surface area contributed by atoms with E-state index in [1.165, 1.54) is 12.6 Å². The molecule has 0 unspecified atom stereocenters. The average Bonchev–Trinajstić information content (AvgIpc) is 2.88. The van der Waals surface area contributed by atoms with E-state index in [-0.39, 0.29) is 5.91 Å². The molecular formula is C13H20N4O2S. The summed E-state index contributed by atoms with van der Waals surface area (Å²) >= 11 is 1.10. The van der Waals surface area contributed by atoms with Gasteiger partial charge in [0, 0.05) is 0 Å². The molecule has 0 saturated carbocycles. The molecule has 20 heavy (non-hydrogen) atoms. The number of hydrogen-bond acceptors (Lipinski definition) is 5. The Balaban J connectivity index is 2.03. The summed E-state index contributed by atoms with van der Waals surface area (Å²) in [4.78, 5) is 30.0. The van der Waals surface area contributed by atoms with E-state index in [0.29, 0.717) is 10.0 Å². The van der Waals surface area contributed by atoms with E-state index in [1.54, 1.807) is 0 Å². The van der Waals surface area contributed by atoms with Crippen LogP contribution in [-0.2, 0) is 4.79 Å². The first-order chi connectivity index (χ1) is 9.41. The van der Waals surface area contributed by atoms with E-state index in [2.05, 4.69) is 15.2 Å². The van der Waals surface area contributed by atoms with Crippen LogP contribution in [0.4, 0.5) is 5.13 Å². The van der Waals surface area contributed by atoms with Gasteiger partial charge in [0.1, 0.15) is 4.88 Å². The molecule has 7 heteroatoms. The third-order valence-electron chi connectivity index (χ3n) is 3.67. The van der Waals surface area contributed by atoms with Gasteiger partial charge in [-0.15, -0.1) is 0 Å². The predicted octanol–water partition coefficient (Wildman–Crippen LogP) is 1.44. The summed E-state index contributed by atoms with van der Waals surface area (Å²) in [6.45, 7) is 5.70. The number of nitrogens with two attached hydrogens (primary N) is 1. The summed E-state index contributed by atoms with van der Waals surface area (Å²) in [6, 6.07) is 0. The van der Waals surface area contributed by atoms with Crippen LogP contribution < -0.4 is 11.1 Å². The number of carbonyl (C=O) groups is 2. The second kappa shape index (κ2) is 5.88. The molecule has 110 valence electrons. The molecule has 0 atom stereocenters. The van der Waals surface area contributed by atoms with E-state index in [9.17, 15) is 9.59 Å². The van der Waals surface area contributed by atoms with Crippen molar-refractivity contribution in [2.45, 2.75) is 38.6 Å². The third kappa shape index (κ3) is 3.16. The highest BCUT2D eigenvalue weighted by atomic mass is 32.1. The average molecular weight is 296 g/mol. The summed E-state index contributed by atoms with van der Waals surface area (Å²) in [7, 11) is 0. The number of carbonyl (C=O) groups excluding carboxylic acids is 2. The highest BCUT2D eigenvalue weighted by molar-refractivity contribution is 7.17. The lowest BCUT2D eigenvalue weighted by atomic mass is 9.98. The molecule has 1 aliphatic heterocycles. The summed E-state index contributed by atoms with van der Waals surface area (Å²) < 4.78 is 0. The Labute approximate surface area is 122 Å². The SMILES string of the molecule is CC(C)(C(=O)Nc1ncc(C(N)=O)s1)N1CCCCC1. The fraction of sp³-hybridized carbons (Fsp3) is 0.615. The van der Waals surface area contributed by atoms with Crippen LogP contribution in [-0.4, -0.2) is 40.3 Å². The highest BCUT2D eigenvalue weighted by Crippen LogP contribution is 2.24. The topological polar surface area (TPSA) is 88.3 Å². The minimum absolute atomic E-state index is 0.107. The van der Waals surface area contributed by atoms with Crippen molar-refractivity contribution in [2.75, 3.05) is 18.4 Å². The van der Waals surface area contributed by atoms with Crippen molar-refractivity contribution in [3.63, 3.8) is 0 Å². The van der Waals surface area contributed by atoms with Crippen molar-refractivity contribution in [3.05, 3.63) is 11.1 Å². The first kappa shape index (κ1) is 14.9. The Hall–Kier alpha value is -1.47. The molecular weight excluding hydrogens is 276 g/mol. The van der Waals surface area contributed by atoms with Gasteiger partial charge in [-0.05, 0) is 39.8 Å². The van der Waals surface area contributed by atoms with E-state index in [4.69, 9.17) is 5.73 Å². The quantitative estimate of drug-likeness (QED) is 0.880. The van der Waals surface area contributed by atoms with Gasteiger partial charge in [0.05, 0.1) is 11.7 Å². The first-order valence-corrected chi connectivity index (χ1v) is 7.55. The molecule has 1 aromatic heterocycles. The Morgan fingerprint density at radius 2 is 2.00 bits per heavy atom. The van der Waals surface area contributed by atoms with Crippen molar-refractivity contribution in [1.29, 1.82) is 0 Å². The van der Waals surface area contributed by atoms with E-state index < -0.39 is 11.4 Å². The maximum Gasteiger partial charge on any atom is 0.260 e. The minimum Gasteiger partial charge on any atom is -0.365 e. The number of nitrogens with one attached hydrogen (secondary N) is 1. The second-order valence-corrected chi connectivity index (χ2v) is 6.49. The van der Waals surface area contributed by atoms with E-state index in [1.807, 2.05) is 13.8 Å². The van der Waals surface area contributed by atoms with Gasteiger partial charge in [0.2, 0.25) is 5.91 Å². The standard InChI is InChI=1S/C13H20N4O2S/c1-13(2,17-6-4-3-5-7-17)11(19)16-12-15-8-9(20-12)10(14)18/h8H,3-7H2,1-2H3,(H2,14,18)(H,15,16,19). The zero-order valence-corrected chi connectivity index (χ0v) is 12.6. The maximum absolute atomic E-state index is 12.4. The second-order valence-electron chi connectivity index (χ2n) is 5.45. The highest BCUT2D eigenvalue weighted by Gasteiger charge is 2.35. The normalized spacial score (nSPS) is 16.9. The van der Waals surface area contributed by atoms with Gasteiger partial charge in [-0.25, -0.2) is 4.98 Å². The van der Waals surface area contributed by atoms with Gasteiger partial charge < -0.3 is 11.1 Å². The van der Waals surface area contributed by atoms with Crippen LogP contribution in [0.25, 0.3) is 0 Å². The number of hydrogen-bond donors (Lipinski definition) is 2. The van der Waals surface area contributed by atoms with Gasteiger partial charge in [-0.1, -0.05) is 17.8 Å². The Morgan fingerprint density at radius 3 is 2.55 bits per heavy atom. The monoisotopic (exact) mass is 296 g/mol. The van der Waals surface area contributed by atoms with Gasteiger partial charge in [0.25, 0.3) is 5.91 Å². The molecule has 2 rings (SSSR count). The van der Waals surface area contributed by atoms with Crippen LogP contribution in [0.1, 0.15) is 42.8 Å². The molecule has 0 spiro atoms. The van der Waals surface area contributed by atoms with Crippen molar-refractivity contribution >= 4 is 28.3 Å². The van der Waals surface area contributed by atoms with Gasteiger partial charge >= 0.3 is 0 Å². The number of aromatic nitrogens is 1. The number of piperidine rings is 1. The largest absolute Gasteiger partial charge is 0.365 e. The van der Waals surface area contributed by atoms with Crippen molar-refractivity contribution in [1.82, 2.24) is 9.88 Å². The molecule has 1 aliphatic rings. The zero-order valence-electron chi connectivity index (χ0n) is 11.8. The number of primary amides is 1. The fourth-order valence-electron chi connectivity index (χ4n) is 2.29. The van der Waals surface area contributed by atoms with Crippen LogP contribution in [0.2, 0.25) is 0 Å². The summed E-state index contributed by atoms with van der Waals surface area (Å²) in [5, 5.41) is 3.18. The minimum atomic E-state index is -0.584. The molecule has 2 heterocycles. The summed E-state index contributed by atoms with van der Waals surface area (Å²) in [5.74, 6) is -0.636. The first-order valence-electron chi connectivity index (χ1n) is 6.73. The zero-order chi connectivity index (χ0) is 14.8. The van der Waals surface area contributed by atoms with E-state index in [0.717, 1.165) is 37.3 Å².